The fourth-order valence-corrected chi connectivity index (χ4v) is 5.92. The van der Waals surface area contributed by atoms with Crippen LogP contribution < -0.4 is 0 Å². The van der Waals surface area contributed by atoms with Gasteiger partial charge in [0.2, 0.25) is 0 Å². The third kappa shape index (κ3) is 7.85. The minimum absolute atomic E-state index is 0.227. The number of aromatic amines is 1. The van der Waals surface area contributed by atoms with Crippen molar-refractivity contribution in [3.63, 3.8) is 0 Å². The topological polar surface area (TPSA) is 330 Å². The van der Waals surface area contributed by atoms with Crippen molar-refractivity contribution in [2.45, 2.75) is 9.79 Å². The molecule has 0 bridgehead atoms. The molecular weight excluding hydrogens is 753 g/mol. The third-order valence-corrected chi connectivity index (χ3v) is 9.04. The molecule has 6 aromatic rings. The first-order valence-corrected chi connectivity index (χ1v) is 17.6. The van der Waals surface area contributed by atoms with E-state index in [2.05, 4.69) is 40.7 Å². The number of hydrogen-bond donors (Lipinski definition) is 8. The lowest BCUT2D eigenvalue weighted by molar-refractivity contribution is 0.0693. The van der Waals surface area contributed by atoms with Crippen LogP contribution in [0.1, 0.15) is 10.4 Å². The summed E-state index contributed by atoms with van der Waals surface area (Å²) in [6.45, 7) is 0. The van der Waals surface area contributed by atoms with E-state index in [0.29, 0.717) is 40.2 Å². The van der Waals surface area contributed by atoms with Crippen molar-refractivity contribution in [2.24, 2.45) is 30.7 Å². The highest BCUT2D eigenvalue weighted by Crippen LogP contribution is 2.45. The Kier molecular flexibility index (Phi) is 9.58. The first kappa shape index (κ1) is 36.6. The van der Waals surface area contributed by atoms with Crippen LogP contribution in [0.4, 0.5) is 34.1 Å². The van der Waals surface area contributed by atoms with Crippen molar-refractivity contribution in [1.29, 1.82) is 0 Å². The predicted octanol–water partition coefficient (Wildman–Crippen LogP) is 7.49. The zero-order valence-electron chi connectivity index (χ0n) is 26.7. The molecule has 20 nitrogen and oxygen atoms in total. The maximum absolute atomic E-state index is 11.6. The summed E-state index contributed by atoms with van der Waals surface area (Å²) in [5.74, 6) is -3.75. The molecule has 0 spiro atoms. The van der Waals surface area contributed by atoms with E-state index in [-0.39, 0.29) is 16.9 Å². The normalized spacial score (nSPS) is 12.4. The van der Waals surface area contributed by atoms with Crippen molar-refractivity contribution < 1.29 is 56.3 Å². The largest absolute Gasteiger partial charge is 0.507 e. The number of imidazole rings is 1. The van der Waals surface area contributed by atoms with Gasteiger partial charge in [-0.2, -0.15) is 32.2 Å². The Morgan fingerprint density at radius 2 is 1.22 bits per heavy atom. The highest BCUT2D eigenvalue weighted by Gasteiger charge is 2.24. The second kappa shape index (κ2) is 14.1. The Morgan fingerprint density at radius 3 is 1.91 bits per heavy atom. The van der Waals surface area contributed by atoms with E-state index in [1.807, 2.05) is 0 Å². The van der Waals surface area contributed by atoms with Crippen LogP contribution >= 0.6 is 0 Å². The van der Waals surface area contributed by atoms with Crippen molar-refractivity contribution in [3.05, 3.63) is 90.5 Å². The molecule has 0 aliphatic rings. The fraction of sp³-hybridized carbons (Fsp3) is 0. The van der Waals surface area contributed by atoms with Gasteiger partial charge in [0, 0.05) is 5.56 Å². The number of benzene rings is 5. The number of nitrogens with one attached hydrogen (secondary N) is 1. The molecule has 0 radical (unpaired) electrons. The number of carboxylic acid groups (broad SMARTS) is 1. The van der Waals surface area contributed by atoms with Gasteiger partial charge in [-0.05, 0) is 84.9 Å². The average molecular weight is 775 g/mol. The quantitative estimate of drug-likeness (QED) is 0.0494. The summed E-state index contributed by atoms with van der Waals surface area (Å²) in [6, 6.07) is 18.3. The van der Waals surface area contributed by atoms with Crippen molar-refractivity contribution in [3.8, 4) is 34.4 Å². The van der Waals surface area contributed by atoms with Gasteiger partial charge in [-0.25, -0.2) is 9.78 Å². The maximum Gasteiger partial charge on any atom is 0.339 e. The summed E-state index contributed by atoms with van der Waals surface area (Å²) in [7, 11) is -10.2. The molecule has 274 valence electrons. The van der Waals surface area contributed by atoms with Crippen molar-refractivity contribution in [2.75, 3.05) is 0 Å². The van der Waals surface area contributed by atoms with Gasteiger partial charge in [0.15, 0.2) is 17.2 Å². The third-order valence-electron chi connectivity index (χ3n) is 7.34. The molecule has 0 aliphatic carbocycles. The zero-order valence-corrected chi connectivity index (χ0v) is 28.3. The first-order chi connectivity index (χ1) is 25.5. The zero-order chi connectivity index (χ0) is 38.9. The van der Waals surface area contributed by atoms with Gasteiger partial charge in [0.05, 0.1) is 33.0 Å². The summed E-state index contributed by atoms with van der Waals surface area (Å²) in [5, 5.41) is 73.4. The van der Waals surface area contributed by atoms with Gasteiger partial charge in [-0.15, -0.1) is 15.3 Å². The van der Waals surface area contributed by atoms with E-state index in [1.54, 1.807) is 42.5 Å². The van der Waals surface area contributed by atoms with Crippen molar-refractivity contribution >= 4 is 71.4 Å². The second-order valence-electron chi connectivity index (χ2n) is 11.0. The number of fused-ring (bicyclic) bond motifs is 1. The van der Waals surface area contributed by atoms with Gasteiger partial charge >= 0.3 is 5.97 Å². The van der Waals surface area contributed by atoms with Gasteiger partial charge in [0.25, 0.3) is 20.2 Å². The summed E-state index contributed by atoms with van der Waals surface area (Å²) in [4.78, 5) is 16.6. The molecule has 22 heteroatoms. The van der Waals surface area contributed by atoms with Crippen LogP contribution in [0.2, 0.25) is 0 Å². The van der Waals surface area contributed by atoms with E-state index < -0.39 is 76.1 Å². The Labute approximate surface area is 302 Å². The number of aromatic nitrogens is 2. The Balaban J connectivity index is 1.22. The molecule has 0 aliphatic heterocycles. The fourth-order valence-electron chi connectivity index (χ4n) is 4.70. The lowest BCUT2D eigenvalue weighted by atomic mass is 10.2. The monoisotopic (exact) mass is 774 g/mol. The Hall–Kier alpha value is -7.14. The number of phenolic OH excluding ortho intramolecular Hbond substituents is 3. The molecular formula is C32H22N8O12S2. The molecule has 0 atom stereocenters. The molecule has 1 heterocycles. The van der Waals surface area contributed by atoms with Crippen LogP contribution in [-0.2, 0) is 20.2 Å². The van der Waals surface area contributed by atoms with Crippen molar-refractivity contribution in [1.82, 2.24) is 9.97 Å². The number of azo groups is 3. The van der Waals surface area contributed by atoms with E-state index in [4.69, 9.17) is 5.11 Å². The number of nitrogens with zero attached hydrogens (tertiary/aromatic N) is 7. The van der Waals surface area contributed by atoms with Crippen LogP contribution in [0.25, 0.3) is 22.4 Å². The highest BCUT2D eigenvalue weighted by atomic mass is 32.2. The number of carboxylic acids is 1. The molecule has 5 aromatic carbocycles. The van der Waals surface area contributed by atoms with Gasteiger partial charge in [0.1, 0.15) is 39.2 Å². The number of phenols is 4. The SMILES string of the molecule is O=C(O)c1cc(N=Nc2ccc(-c3nc4cc(N=Nc5c(O)ccc(N=Nc6cc(S(=O)(=O)O)cc(S(=O)(=O)O)c6O)c5O)ccc4[nH]3)cc2)ccc1O. The number of aromatic carboxylic acids is 1. The summed E-state index contributed by atoms with van der Waals surface area (Å²) in [6.07, 6.45) is 0. The molecule has 0 amide bonds. The molecule has 54 heavy (non-hydrogen) atoms. The second-order valence-corrected chi connectivity index (χ2v) is 13.8. The summed E-state index contributed by atoms with van der Waals surface area (Å²) >= 11 is 0. The smallest absolute Gasteiger partial charge is 0.339 e. The Bertz CT molecular complexity index is 2800. The molecule has 0 saturated carbocycles. The van der Waals surface area contributed by atoms with Crippen LogP contribution in [0.15, 0.2) is 125 Å². The van der Waals surface area contributed by atoms with Crippen LogP contribution in [0.5, 0.6) is 23.0 Å². The maximum atomic E-state index is 11.6. The van der Waals surface area contributed by atoms with Crippen LogP contribution in [0, 0.1) is 0 Å². The summed E-state index contributed by atoms with van der Waals surface area (Å²) < 4.78 is 65.3. The van der Waals surface area contributed by atoms with E-state index in [9.17, 15) is 51.2 Å². The number of carbonyl (C=O) groups is 1. The minimum atomic E-state index is -5.19. The molecule has 0 saturated heterocycles. The minimum Gasteiger partial charge on any atom is -0.507 e. The molecule has 6 rings (SSSR count). The highest BCUT2D eigenvalue weighted by molar-refractivity contribution is 7.86. The molecule has 8 N–H and O–H groups in total. The van der Waals surface area contributed by atoms with Crippen LogP contribution in [0.3, 0.4) is 0 Å². The summed E-state index contributed by atoms with van der Waals surface area (Å²) in [5.41, 5.74) is 0.683. The first-order valence-electron chi connectivity index (χ1n) is 14.8. The standard InChI is InChI=1S/C32H22N8O12S2/c41-25-9-6-17(11-20(25)32(45)46)36-35-16-3-1-15(2-4-16)31-33-21-7-5-18(12-23(21)34-31)37-40-28-26(42)10-8-22(30(28)44)38-39-24-13-19(53(47,48)49)14-27(29(24)43)54(50,51)52/h1-14,41-44H,(H,33,34)(H,45,46)(H,47,48,49)(H,50,51,52). The lowest BCUT2D eigenvalue weighted by Gasteiger charge is -2.07. The van der Waals surface area contributed by atoms with E-state index in [1.165, 1.54) is 18.2 Å². The van der Waals surface area contributed by atoms with E-state index in [0.717, 1.165) is 12.1 Å². The molecule has 0 unspecified atom stereocenters. The average Bonchev–Trinajstić information content (AvgIpc) is 3.54. The molecule has 1 aromatic heterocycles. The van der Waals surface area contributed by atoms with E-state index >= 15 is 0 Å². The molecule has 0 fully saturated rings. The predicted molar refractivity (Wildman–Crippen MR) is 187 cm³/mol. The van der Waals surface area contributed by atoms with Crippen LogP contribution in [-0.4, -0.2) is 67.4 Å². The number of hydrogen-bond acceptors (Lipinski definition) is 16. The number of rotatable bonds is 10. The number of aromatic hydroxyl groups is 4. The van der Waals surface area contributed by atoms with Gasteiger partial charge in [-0.1, -0.05) is 0 Å². The lowest BCUT2D eigenvalue weighted by Crippen LogP contribution is -2.03. The number of H-pyrrole nitrogens is 1. The Morgan fingerprint density at radius 1 is 0.611 bits per heavy atom. The van der Waals surface area contributed by atoms with Gasteiger partial charge < -0.3 is 30.5 Å². The van der Waals surface area contributed by atoms with Gasteiger partial charge in [-0.3, -0.25) is 9.11 Å².